The summed E-state index contributed by atoms with van der Waals surface area (Å²) < 4.78 is 34.1. The molecule has 3 aromatic rings. The average molecular weight is 485 g/mol. The lowest BCUT2D eigenvalue weighted by atomic mass is 10.00. The van der Waals surface area contributed by atoms with Gasteiger partial charge in [-0.15, -0.1) is 11.3 Å². The Morgan fingerprint density at radius 2 is 1.79 bits per heavy atom. The van der Waals surface area contributed by atoms with Crippen molar-refractivity contribution < 1.29 is 23.1 Å². The molecule has 34 heavy (non-hydrogen) atoms. The minimum Gasteiger partial charge on any atom is -0.488 e. The van der Waals surface area contributed by atoms with Crippen LogP contribution in [-0.2, 0) is 11.2 Å². The monoisotopic (exact) mass is 484 g/mol. The van der Waals surface area contributed by atoms with E-state index in [9.17, 15) is 18.4 Å². The molecular formula is C26H26F2N2O3S. The molecule has 4 rings (SSSR count). The zero-order valence-electron chi connectivity index (χ0n) is 19.0. The Kier molecular flexibility index (Phi) is 7.26. The number of carbonyl (C=O) groups is 2. The summed E-state index contributed by atoms with van der Waals surface area (Å²) in [5, 5.41) is 1.97. The fourth-order valence-electron chi connectivity index (χ4n) is 4.12. The second kappa shape index (κ2) is 10.3. The molecule has 0 N–H and O–H groups in total. The molecule has 1 aromatic heterocycles. The van der Waals surface area contributed by atoms with Gasteiger partial charge in [0, 0.05) is 17.5 Å². The summed E-state index contributed by atoms with van der Waals surface area (Å²) in [6.45, 7) is 3.92. The van der Waals surface area contributed by atoms with Gasteiger partial charge in [0.2, 0.25) is 5.91 Å². The predicted molar refractivity (Wildman–Crippen MR) is 127 cm³/mol. The number of carbonyl (C=O) groups excluding carboxylic acids is 2. The molecule has 0 aliphatic carbocycles. The smallest absolute Gasteiger partial charge is 0.257 e. The van der Waals surface area contributed by atoms with Gasteiger partial charge in [-0.1, -0.05) is 24.3 Å². The zero-order valence-corrected chi connectivity index (χ0v) is 19.9. The Morgan fingerprint density at radius 1 is 1.09 bits per heavy atom. The second-order valence-electron chi connectivity index (χ2n) is 8.40. The van der Waals surface area contributed by atoms with Crippen LogP contribution in [0.25, 0.3) is 0 Å². The summed E-state index contributed by atoms with van der Waals surface area (Å²) >= 11 is 1.62. The summed E-state index contributed by atoms with van der Waals surface area (Å²) in [4.78, 5) is 30.7. The van der Waals surface area contributed by atoms with Crippen LogP contribution in [0.1, 0.15) is 40.7 Å². The van der Waals surface area contributed by atoms with E-state index in [0.717, 1.165) is 10.4 Å². The van der Waals surface area contributed by atoms with Crippen molar-refractivity contribution in [3.05, 3.63) is 87.6 Å². The number of amides is 2. The number of halogens is 2. The van der Waals surface area contributed by atoms with Crippen molar-refractivity contribution in [3.63, 3.8) is 0 Å². The SMILES string of the molecule is CC(C)N(CC(=O)N1CCc2sccc2C1COc1ccccc1F)C(=O)c1ccccc1F. The Bertz CT molecular complexity index is 1180. The molecule has 0 radical (unpaired) electrons. The van der Waals surface area contributed by atoms with E-state index in [1.807, 2.05) is 11.4 Å². The van der Waals surface area contributed by atoms with E-state index in [1.165, 1.54) is 29.2 Å². The number of ether oxygens (including phenoxy) is 1. The number of hydrogen-bond acceptors (Lipinski definition) is 4. The van der Waals surface area contributed by atoms with Crippen LogP contribution < -0.4 is 4.74 Å². The lowest BCUT2D eigenvalue weighted by molar-refractivity contribution is -0.136. The van der Waals surface area contributed by atoms with Gasteiger partial charge < -0.3 is 14.5 Å². The van der Waals surface area contributed by atoms with Crippen LogP contribution in [-0.4, -0.2) is 47.4 Å². The minimum atomic E-state index is -0.623. The third-order valence-electron chi connectivity index (χ3n) is 5.94. The van der Waals surface area contributed by atoms with E-state index in [1.54, 1.807) is 54.3 Å². The lowest BCUT2D eigenvalue weighted by Crippen LogP contribution is -2.49. The number of thiophene rings is 1. The van der Waals surface area contributed by atoms with E-state index >= 15 is 0 Å². The highest BCUT2D eigenvalue weighted by molar-refractivity contribution is 7.10. The van der Waals surface area contributed by atoms with Crippen LogP contribution in [0.15, 0.2) is 60.0 Å². The molecule has 1 atom stereocenters. The first-order valence-corrected chi connectivity index (χ1v) is 12.0. The topological polar surface area (TPSA) is 49.9 Å². The Hall–Kier alpha value is -3.26. The second-order valence-corrected chi connectivity index (χ2v) is 9.40. The van der Waals surface area contributed by atoms with Crippen molar-refractivity contribution in [1.82, 2.24) is 9.80 Å². The number of rotatable bonds is 7. The normalized spacial score (nSPS) is 15.2. The minimum absolute atomic E-state index is 0.0674. The first kappa shape index (κ1) is 23.9. The zero-order chi connectivity index (χ0) is 24.2. The van der Waals surface area contributed by atoms with Gasteiger partial charge in [0.05, 0.1) is 11.6 Å². The summed E-state index contributed by atoms with van der Waals surface area (Å²) in [5.41, 5.74) is 0.902. The molecule has 0 spiro atoms. The van der Waals surface area contributed by atoms with Gasteiger partial charge in [0.25, 0.3) is 5.91 Å². The van der Waals surface area contributed by atoms with Crippen molar-refractivity contribution in [1.29, 1.82) is 0 Å². The summed E-state index contributed by atoms with van der Waals surface area (Å²) in [7, 11) is 0. The van der Waals surface area contributed by atoms with Crippen molar-refractivity contribution in [3.8, 4) is 5.75 Å². The molecule has 0 bridgehead atoms. The molecule has 1 aliphatic heterocycles. The molecule has 2 amide bonds. The van der Waals surface area contributed by atoms with E-state index in [0.29, 0.717) is 13.0 Å². The predicted octanol–water partition coefficient (Wildman–Crippen LogP) is 5.08. The molecule has 178 valence electrons. The standard InChI is InChI=1S/C26H26F2N2O3S/c1-17(2)30(26(32)18-7-3-4-8-20(18)27)15-25(31)29-13-11-24-19(12-14-34-24)22(29)16-33-23-10-6-5-9-21(23)28/h3-10,12,14,17,22H,11,13,15-16H2,1-2H3. The molecule has 5 nitrogen and oxygen atoms in total. The van der Waals surface area contributed by atoms with E-state index in [-0.39, 0.29) is 36.4 Å². The Balaban J connectivity index is 1.55. The number of nitrogens with zero attached hydrogens (tertiary/aromatic N) is 2. The van der Waals surface area contributed by atoms with Crippen molar-refractivity contribution >= 4 is 23.2 Å². The molecular weight excluding hydrogens is 458 g/mol. The van der Waals surface area contributed by atoms with Crippen LogP contribution in [0.2, 0.25) is 0 Å². The molecule has 8 heteroatoms. The molecule has 1 unspecified atom stereocenters. The molecule has 0 saturated carbocycles. The highest BCUT2D eigenvalue weighted by Crippen LogP contribution is 2.34. The summed E-state index contributed by atoms with van der Waals surface area (Å²) in [6, 6.07) is 13.1. The highest BCUT2D eigenvalue weighted by Gasteiger charge is 2.34. The van der Waals surface area contributed by atoms with E-state index < -0.39 is 23.6 Å². The number of fused-ring (bicyclic) bond motifs is 1. The van der Waals surface area contributed by atoms with Crippen LogP contribution in [0.4, 0.5) is 8.78 Å². The fraction of sp³-hybridized carbons (Fsp3) is 0.308. The van der Waals surface area contributed by atoms with Crippen molar-refractivity contribution in [2.75, 3.05) is 19.7 Å². The Labute approximate surface area is 201 Å². The van der Waals surface area contributed by atoms with Crippen LogP contribution in [0.3, 0.4) is 0 Å². The van der Waals surface area contributed by atoms with E-state index in [4.69, 9.17) is 4.74 Å². The number of para-hydroxylation sites is 1. The third-order valence-corrected chi connectivity index (χ3v) is 6.94. The van der Waals surface area contributed by atoms with Crippen LogP contribution >= 0.6 is 11.3 Å². The van der Waals surface area contributed by atoms with Gasteiger partial charge in [-0.05, 0) is 61.5 Å². The fourth-order valence-corrected chi connectivity index (χ4v) is 5.05. The summed E-state index contributed by atoms with van der Waals surface area (Å²) in [5.74, 6) is -1.77. The molecule has 2 aromatic carbocycles. The van der Waals surface area contributed by atoms with Crippen LogP contribution in [0, 0.1) is 11.6 Å². The maximum atomic E-state index is 14.3. The van der Waals surface area contributed by atoms with Crippen molar-refractivity contribution in [2.24, 2.45) is 0 Å². The maximum Gasteiger partial charge on any atom is 0.257 e. The van der Waals surface area contributed by atoms with Gasteiger partial charge in [-0.25, -0.2) is 8.78 Å². The van der Waals surface area contributed by atoms with E-state index in [2.05, 4.69) is 0 Å². The quantitative estimate of drug-likeness (QED) is 0.470. The molecule has 0 fully saturated rings. The van der Waals surface area contributed by atoms with Crippen LogP contribution in [0.5, 0.6) is 5.75 Å². The van der Waals surface area contributed by atoms with Gasteiger partial charge in [0.1, 0.15) is 19.0 Å². The average Bonchev–Trinajstić information content (AvgIpc) is 3.30. The maximum absolute atomic E-state index is 14.3. The van der Waals surface area contributed by atoms with Gasteiger partial charge in [0.15, 0.2) is 11.6 Å². The lowest BCUT2D eigenvalue weighted by Gasteiger charge is -2.37. The van der Waals surface area contributed by atoms with Gasteiger partial charge in [-0.2, -0.15) is 0 Å². The first-order chi connectivity index (χ1) is 16.4. The first-order valence-electron chi connectivity index (χ1n) is 11.2. The van der Waals surface area contributed by atoms with Gasteiger partial charge in [-0.3, -0.25) is 9.59 Å². The van der Waals surface area contributed by atoms with Crippen molar-refractivity contribution in [2.45, 2.75) is 32.4 Å². The highest BCUT2D eigenvalue weighted by atomic mass is 32.1. The molecule has 0 saturated heterocycles. The number of benzene rings is 2. The van der Waals surface area contributed by atoms with Gasteiger partial charge >= 0.3 is 0 Å². The summed E-state index contributed by atoms with van der Waals surface area (Å²) in [6.07, 6.45) is 0.692. The number of hydrogen-bond donors (Lipinski definition) is 0. The third kappa shape index (κ3) is 4.97. The molecule has 2 heterocycles. The largest absolute Gasteiger partial charge is 0.488 e. The molecule has 1 aliphatic rings. The Morgan fingerprint density at radius 3 is 2.50 bits per heavy atom.